The lowest BCUT2D eigenvalue weighted by atomic mass is 9.86. The Bertz CT molecular complexity index is 366. The third-order valence-corrected chi connectivity index (χ3v) is 4.61. The van der Waals surface area contributed by atoms with Crippen molar-refractivity contribution in [1.82, 2.24) is 10.2 Å². The smallest absolute Gasteiger partial charge is 0.317 e. The van der Waals surface area contributed by atoms with Crippen LogP contribution in [0.4, 0.5) is 4.79 Å². The molecule has 1 saturated carbocycles. The number of β-amino-alcohol motifs (C(OH)–C–C–N with tert-alkyl or cyclic N) is 1. The second-order valence-electron chi connectivity index (χ2n) is 6.12. The molecule has 114 valence electrons. The number of amides is 2. The van der Waals surface area contributed by atoms with Crippen LogP contribution in [0.15, 0.2) is 0 Å². The fraction of sp³-hybridized carbons (Fsp3) is 0.857. The van der Waals surface area contributed by atoms with Crippen molar-refractivity contribution in [2.75, 3.05) is 13.1 Å². The number of nitrogens with zero attached hydrogens (tertiary/aromatic N) is 1. The first-order valence-electron chi connectivity index (χ1n) is 7.43. The molecule has 0 bridgehead atoms. The fourth-order valence-corrected chi connectivity index (χ4v) is 2.98. The van der Waals surface area contributed by atoms with Gasteiger partial charge in [-0.25, -0.2) is 4.79 Å². The van der Waals surface area contributed by atoms with Gasteiger partial charge in [-0.2, -0.15) is 0 Å². The highest BCUT2D eigenvalue weighted by molar-refractivity contribution is 5.75. The Hall–Kier alpha value is -1.30. The number of aliphatic carboxylic acids is 1. The standard InChI is InChI=1S/C14H24N2O4/c1-9-6-7-16(8-12(9)17)14(20)15-11-4-2-10(3-5-11)13(18)19/h9-12,17H,2-8H2,1H3,(H,15,20)(H,18,19). The number of piperidine rings is 1. The molecule has 2 rings (SSSR count). The first-order chi connectivity index (χ1) is 9.47. The van der Waals surface area contributed by atoms with E-state index in [2.05, 4.69) is 5.32 Å². The molecule has 0 spiro atoms. The summed E-state index contributed by atoms with van der Waals surface area (Å²) in [5, 5.41) is 21.7. The topological polar surface area (TPSA) is 89.9 Å². The van der Waals surface area contributed by atoms with Crippen molar-refractivity contribution < 1.29 is 19.8 Å². The van der Waals surface area contributed by atoms with Crippen molar-refractivity contribution >= 4 is 12.0 Å². The van der Waals surface area contributed by atoms with Crippen LogP contribution >= 0.6 is 0 Å². The van der Waals surface area contributed by atoms with Crippen LogP contribution in [0, 0.1) is 11.8 Å². The average Bonchev–Trinajstić information content (AvgIpc) is 2.42. The van der Waals surface area contributed by atoms with Crippen molar-refractivity contribution in [2.24, 2.45) is 11.8 Å². The fourth-order valence-electron chi connectivity index (χ4n) is 2.98. The maximum Gasteiger partial charge on any atom is 0.317 e. The normalized spacial score (nSPS) is 34.6. The molecule has 0 aromatic heterocycles. The SMILES string of the molecule is CC1CCN(C(=O)NC2CCC(C(=O)O)CC2)CC1O. The Morgan fingerprint density at radius 3 is 2.35 bits per heavy atom. The van der Waals surface area contributed by atoms with Gasteiger partial charge in [0.05, 0.1) is 12.0 Å². The molecule has 2 fully saturated rings. The number of likely N-dealkylation sites (tertiary alicyclic amines) is 1. The first-order valence-corrected chi connectivity index (χ1v) is 7.43. The van der Waals surface area contributed by atoms with E-state index in [9.17, 15) is 14.7 Å². The number of carboxylic acids is 1. The second kappa shape index (κ2) is 6.43. The van der Waals surface area contributed by atoms with E-state index < -0.39 is 12.1 Å². The number of urea groups is 1. The Balaban J connectivity index is 1.77. The Kier molecular flexibility index (Phi) is 4.86. The van der Waals surface area contributed by atoms with E-state index in [1.54, 1.807) is 4.90 Å². The minimum atomic E-state index is -0.733. The highest BCUT2D eigenvalue weighted by atomic mass is 16.4. The van der Waals surface area contributed by atoms with Crippen LogP contribution in [0.5, 0.6) is 0 Å². The molecule has 2 unspecified atom stereocenters. The summed E-state index contributed by atoms with van der Waals surface area (Å²) in [6.07, 6.45) is 3.06. The van der Waals surface area contributed by atoms with Crippen LogP contribution in [0.25, 0.3) is 0 Å². The molecule has 3 N–H and O–H groups in total. The van der Waals surface area contributed by atoms with E-state index >= 15 is 0 Å². The van der Waals surface area contributed by atoms with Crippen LogP contribution in [0.1, 0.15) is 39.0 Å². The van der Waals surface area contributed by atoms with Gasteiger partial charge in [0.15, 0.2) is 0 Å². The predicted octanol–water partition coefficient (Wildman–Crippen LogP) is 1.04. The number of rotatable bonds is 2. The van der Waals surface area contributed by atoms with Gasteiger partial charge in [-0.05, 0) is 38.0 Å². The van der Waals surface area contributed by atoms with Crippen molar-refractivity contribution in [3.05, 3.63) is 0 Å². The molecule has 1 aliphatic heterocycles. The van der Waals surface area contributed by atoms with Gasteiger partial charge in [-0.15, -0.1) is 0 Å². The van der Waals surface area contributed by atoms with Gasteiger partial charge in [0.25, 0.3) is 0 Å². The highest BCUT2D eigenvalue weighted by Gasteiger charge is 2.30. The largest absolute Gasteiger partial charge is 0.481 e. The zero-order valence-corrected chi connectivity index (χ0v) is 11.9. The van der Waals surface area contributed by atoms with E-state index in [-0.39, 0.29) is 23.9 Å². The van der Waals surface area contributed by atoms with Gasteiger partial charge >= 0.3 is 12.0 Å². The zero-order chi connectivity index (χ0) is 14.7. The molecular formula is C14H24N2O4. The molecule has 0 aromatic carbocycles. The molecular weight excluding hydrogens is 260 g/mol. The number of hydrogen-bond donors (Lipinski definition) is 3. The molecule has 2 atom stereocenters. The monoisotopic (exact) mass is 284 g/mol. The van der Waals surface area contributed by atoms with Crippen molar-refractivity contribution in [3.63, 3.8) is 0 Å². The molecule has 2 aliphatic rings. The van der Waals surface area contributed by atoms with Gasteiger partial charge in [0, 0.05) is 19.1 Å². The lowest BCUT2D eigenvalue weighted by Crippen LogP contribution is -2.52. The van der Waals surface area contributed by atoms with Crippen LogP contribution in [-0.4, -0.2) is 52.3 Å². The Labute approximate surface area is 119 Å². The Morgan fingerprint density at radius 1 is 1.15 bits per heavy atom. The Morgan fingerprint density at radius 2 is 1.80 bits per heavy atom. The molecule has 2 amide bonds. The number of carboxylic acid groups (broad SMARTS) is 1. The number of hydrogen-bond acceptors (Lipinski definition) is 3. The summed E-state index contributed by atoms with van der Waals surface area (Å²) in [6.45, 7) is 3.05. The maximum atomic E-state index is 12.1. The van der Waals surface area contributed by atoms with Gasteiger partial charge in [-0.3, -0.25) is 4.79 Å². The van der Waals surface area contributed by atoms with Crippen molar-refractivity contribution in [1.29, 1.82) is 0 Å². The number of carbonyl (C=O) groups is 2. The van der Waals surface area contributed by atoms with Crippen LogP contribution in [0.3, 0.4) is 0 Å². The highest BCUT2D eigenvalue weighted by Crippen LogP contribution is 2.25. The number of nitrogens with one attached hydrogen (secondary N) is 1. The average molecular weight is 284 g/mol. The van der Waals surface area contributed by atoms with E-state index in [4.69, 9.17) is 5.11 Å². The number of carbonyl (C=O) groups excluding carboxylic acids is 1. The summed E-state index contributed by atoms with van der Waals surface area (Å²) in [5.41, 5.74) is 0. The van der Waals surface area contributed by atoms with E-state index in [1.807, 2.05) is 6.92 Å². The first kappa shape index (κ1) is 15.1. The predicted molar refractivity (Wildman–Crippen MR) is 73.3 cm³/mol. The molecule has 6 nitrogen and oxygen atoms in total. The lowest BCUT2D eigenvalue weighted by Gasteiger charge is -2.36. The molecule has 1 saturated heterocycles. The van der Waals surface area contributed by atoms with Gasteiger partial charge in [0.1, 0.15) is 0 Å². The molecule has 6 heteroatoms. The van der Waals surface area contributed by atoms with E-state index in [0.29, 0.717) is 25.9 Å². The number of aliphatic hydroxyl groups excluding tert-OH is 1. The van der Waals surface area contributed by atoms with Gasteiger partial charge < -0.3 is 20.4 Å². The third-order valence-electron chi connectivity index (χ3n) is 4.61. The third kappa shape index (κ3) is 3.62. The summed E-state index contributed by atoms with van der Waals surface area (Å²) in [7, 11) is 0. The summed E-state index contributed by atoms with van der Waals surface area (Å²) < 4.78 is 0. The lowest BCUT2D eigenvalue weighted by molar-refractivity contribution is -0.142. The zero-order valence-electron chi connectivity index (χ0n) is 11.9. The number of aliphatic hydroxyl groups is 1. The molecule has 1 aliphatic carbocycles. The summed E-state index contributed by atoms with van der Waals surface area (Å²) in [5.74, 6) is -0.756. The van der Waals surface area contributed by atoms with Crippen molar-refractivity contribution in [3.8, 4) is 0 Å². The second-order valence-corrected chi connectivity index (χ2v) is 6.12. The van der Waals surface area contributed by atoms with Gasteiger partial charge in [-0.1, -0.05) is 6.92 Å². The molecule has 1 heterocycles. The van der Waals surface area contributed by atoms with Crippen LogP contribution < -0.4 is 5.32 Å². The van der Waals surface area contributed by atoms with Gasteiger partial charge in [0.2, 0.25) is 0 Å². The minimum absolute atomic E-state index is 0.0644. The van der Waals surface area contributed by atoms with Crippen LogP contribution in [-0.2, 0) is 4.79 Å². The minimum Gasteiger partial charge on any atom is -0.481 e. The molecule has 20 heavy (non-hydrogen) atoms. The quantitative estimate of drug-likeness (QED) is 0.707. The summed E-state index contributed by atoms with van der Waals surface area (Å²) in [6, 6.07) is -0.0654. The summed E-state index contributed by atoms with van der Waals surface area (Å²) in [4.78, 5) is 24.7. The van der Waals surface area contributed by atoms with Crippen LogP contribution in [0.2, 0.25) is 0 Å². The van der Waals surface area contributed by atoms with E-state index in [1.165, 1.54) is 0 Å². The summed E-state index contributed by atoms with van der Waals surface area (Å²) >= 11 is 0. The molecule has 0 aromatic rings. The van der Waals surface area contributed by atoms with E-state index in [0.717, 1.165) is 19.3 Å². The molecule has 0 radical (unpaired) electrons. The van der Waals surface area contributed by atoms with Crippen molar-refractivity contribution in [2.45, 2.75) is 51.2 Å². The maximum absolute atomic E-state index is 12.1.